The fraction of sp³-hybridized carbons (Fsp3) is 0.188. The van der Waals surface area contributed by atoms with Crippen LogP contribution in [0.4, 0.5) is 0 Å². The van der Waals surface area contributed by atoms with Gasteiger partial charge < -0.3 is 14.8 Å². The molecule has 6 heteroatoms. The molecule has 1 amide bonds. The molecule has 4 nitrogen and oxygen atoms in total. The summed E-state index contributed by atoms with van der Waals surface area (Å²) in [6.45, 7) is 2.05. The summed E-state index contributed by atoms with van der Waals surface area (Å²) in [5.41, 5.74) is 1.46. The average Bonchev–Trinajstić information content (AvgIpc) is 2.96. The molecule has 0 aliphatic carbocycles. The normalized spacial score (nSPS) is 13.8. The molecule has 0 unspecified atom stereocenters. The molecule has 0 bridgehead atoms. The van der Waals surface area contributed by atoms with E-state index in [2.05, 4.69) is 21.2 Å². The molecule has 2 aromatic carbocycles. The Morgan fingerprint density at radius 1 is 1.27 bits per heavy atom. The standard InChI is InChI=1S/C16H13BrClNO3/c1-9(10-2-4-12(17)5-3-10)19-16(20)11-6-13(18)15-14(7-11)21-8-22-15/h2-7,9H,8H2,1H3,(H,19,20)/t9-/m1/s1. The van der Waals surface area contributed by atoms with Crippen molar-refractivity contribution in [1.82, 2.24) is 5.32 Å². The Hall–Kier alpha value is -1.72. The van der Waals surface area contributed by atoms with E-state index in [0.717, 1.165) is 10.0 Å². The van der Waals surface area contributed by atoms with Gasteiger partial charge >= 0.3 is 0 Å². The van der Waals surface area contributed by atoms with E-state index in [1.165, 1.54) is 0 Å². The number of ether oxygens (including phenoxy) is 2. The SMILES string of the molecule is C[C@@H](NC(=O)c1cc(Cl)c2c(c1)OCO2)c1ccc(Br)cc1. The quantitative estimate of drug-likeness (QED) is 0.860. The molecule has 2 aromatic rings. The van der Waals surface area contributed by atoms with Gasteiger partial charge in [0.25, 0.3) is 5.91 Å². The van der Waals surface area contributed by atoms with E-state index < -0.39 is 0 Å². The molecule has 1 aliphatic rings. The monoisotopic (exact) mass is 381 g/mol. The number of hydrogen-bond acceptors (Lipinski definition) is 3. The molecule has 3 rings (SSSR count). The van der Waals surface area contributed by atoms with E-state index in [1.54, 1.807) is 12.1 Å². The molecule has 0 spiro atoms. The highest BCUT2D eigenvalue weighted by Gasteiger charge is 2.21. The van der Waals surface area contributed by atoms with Crippen molar-refractivity contribution in [3.63, 3.8) is 0 Å². The Bertz CT molecular complexity index is 718. The van der Waals surface area contributed by atoms with Crippen LogP contribution in [0.5, 0.6) is 11.5 Å². The van der Waals surface area contributed by atoms with Crippen molar-refractivity contribution in [2.75, 3.05) is 6.79 Å². The Morgan fingerprint density at radius 2 is 2.00 bits per heavy atom. The summed E-state index contributed by atoms with van der Waals surface area (Å²) in [4.78, 5) is 12.4. The lowest BCUT2D eigenvalue weighted by molar-refractivity contribution is 0.0939. The summed E-state index contributed by atoms with van der Waals surface area (Å²) in [6.07, 6.45) is 0. The smallest absolute Gasteiger partial charge is 0.251 e. The van der Waals surface area contributed by atoms with Crippen molar-refractivity contribution in [1.29, 1.82) is 0 Å². The second kappa shape index (κ2) is 6.18. The number of amides is 1. The van der Waals surface area contributed by atoms with Crippen LogP contribution in [0.3, 0.4) is 0 Å². The molecule has 0 saturated carbocycles. The van der Waals surface area contributed by atoms with Gasteiger partial charge in [0.1, 0.15) is 0 Å². The van der Waals surface area contributed by atoms with Crippen LogP contribution in [0.2, 0.25) is 5.02 Å². The first kappa shape index (κ1) is 15.2. The molecule has 0 radical (unpaired) electrons. The van der Waals surface area contributed by atoms with Crippen LogP contribution >= 0.6 is 27.5 Å². The summed E-state index contributed by atoms with van der Waals surface area (Å²) in [5.74, 6) is 0.767. The van der Waals surface area contributed by atoms with Crippen molar-refractivity contribution in [3.05, 3.63) is 57.0 Å². The van der Waals surface area contributed by atoms with E-state index in [9.17, 15) is 4.79 Å². The highest BCUT2D eigenvalue weighted by molar-refractivity contribution is 9.10. The fourth-order valence-electron chi connectivity index (χ4n) is 2.21. The van der Waals surface area contributed by atoms with Crippen molar-refractivity contribution in [3.8, 4) is 11.5 Å². The molecule has 0 saturated heterocycles. The van der Waals surface area contributed by atoms with Crippen LogP contribution in [0.25, 0.3) is 0 Å². The Kier molecular flexibility index (Phi) is 4.27. The number of benzene rings is 2. The molecule has 22 heavy (non-hydrogen) atoms. The van der Waals surface area contributed by atoms with Gasteiger partial charge in [-0.3, -0.25) is 4.79 Å². The zero-order valence-electron chi connectivity index (χ0n) is 11.7. The summed E-state index contributed by atoms with van der Waals surface area (Å²) >= 11 is 9.49. The van der Waals surface area contributed by atoms with Crippen LogP contribution in [0.1, 0.15) is 28.9 Å². The molecular weight excluding hydrogens is 370 g/mol. The second-order valence-corrected chi connectivity index (χ2v) is 6.26. The highest BCUT2D eigenvalue weighted by atomic mass is 79.9. The van der Waals surface area contributed by atoms with Crippen molar-refractivity contribution < 1.29 is 14.3 Å². The number of nitrogens with one attached hydrogen (secondary N) is 1. The maximum absolute atomic E-state index is 12.4. The zero-order valence-corrected chi connectivity index (χ0v) is 14.1. The summed E-state index contributed by atoms with van der Waals surface area (Å²) < 4.78 is 11.5. The second-order valence-electron chi connectivity index (χ2n) is 4.94. The third kappa shape index (κ3) is 3.05. The number of halogens is 2. The lowest BCUT2D eigenvalue weighted by Crippen LogP contribution is -2.26. The first-order valence-electron chi connectivity index (χ1n) is 6.70. The van der Waals surface area contributed by atoms with Crippen LogP contribution in [-0.4, -0.2) is 12.7 Å². The van der Waals surface area contributed by atoms with Gasteiger partial charge in [-0.15, -0.1) is 0 Å². The highest BCUT2D eigenvalue weighted by Crippen LogP contribution is 2.39. The lowest BCUT2D eigenvalue weighted by Gasteiger charge is -2.15. The molecule has 1 aliphatic heterocycles. The van der Waals surface area contributed by atoms with Gasteiger partial charge in [-0.25, -0.2) is 0 Å². The minimum atomic E-state index is -0.212. The molecule has 1 atom stereocenters. The largest absolute Gasteiger partial charge is 0.454 e. The maximum atomic E-state index is 12.4. The number of carbonyl (C=O) groups excluding carboxylic acids is 1. The van der Waals surface area contributed by atoms with Gasteiger partial charge in [0.05, 0.1) is 11.1 Å². The van der Waals surface area contributed by atoms with Crippen LogP contribution in [0.15, 0.2) is 40.9 Å². The molecular formula is C16H13BrClNO3. The third-order valence-electron chi connectivity index (χ3n) is 3.41. The van der Waals surface area contributed by atoms with Gasteiger partial charge in [-0.05, 0) is 36.8 Å². The summed E-state index contributed by atoms with van der Waals surface area (Å²) in [5, 5.41) is 3.31. The van der Waals surface area contributed by atoms with E-state index in [1.807, 2.05) is 31.2 Å². The minimum absolute atomic E-state index is 0.120. The predicted octanol–water partition coefficient (Wildman–Crippen LogP) is 4.32. The average molecular weight is 383 g/mol. The molecule has 1 heterocycles. The Morgan fingerprint density at radius 3 is 2.73 bits per heavy atom. The van der Waals surface area contributed by atoms with Crippen LogP contribution in [-0.2, 0) is 0 Å². The third-order valence-corrected chi connectivity index (χ3v) is 4.22. The number of rotatable bonds is 3. The van der Waals surface area contributed by atoms with Crippen LogP contribution < -0.4 is 14.8 Å². The Balaban J connectivity index is 1.77. The van der Waals surface area contributed by atoms with Gasteiger partial charge in [-0.2, -0.15) is 0 Å². The molecule has 0 aromatic heterocycles. The van der Waals surface area contributed by atoms with E-state index in [0.29, 0.717) is 22.1 Å². The van der Waals surface area contributed by atoms with Gasteiger partial charge in [0, 0.05) is 10.0 Å². The molecule has 1 N–H and O–H groups in total. The Labute approximate surface area is 141 Å². The molecule has 0 fully saturated rings. The first-order chi connectivity index (χ1) is 10.5. The maximum Gasteiger partial charge on any atom is 0.251 e. The van der Waals surface area contributed by atoms with E-state index in [-0.39, 0.29) is 18.7 Å². The minimum Gasteiger partial charge on any atom is -0.454 e. The van der Waals surface area contributed by atoms with Crippen molar-refractivity contribution in [2.24, 2.45) is 0 Å². The van der Waals surface area contributed by atoms with Crippen molar-refractivity contribution in [2.45, 2.75) is 13.0 Å². The number of hydrogen-bond donors (Lipinski definition) is 1. The van der Waals surface area contributed by atoms with Crippen LogP contribution in [0, 0.1) is 0 Å². The number of fused-ring (bicyclic) bond motifs is 1. The van der Waals surface area contributed by atoms with E-state index in [4.69, 9.17) is 21.1 Å². The number of carbonyl (C=O) groups is 1. The zero-order chi connectivity index (χ0) is 15.7. The predicted molar refractivity (Wildman–Crippen MR) is 87.6 cm³/mol. The summed E-state index contributed by atoms with van der Waals surface area (Å²) in [6, 6.07) is 10.9. The van der Waals surface area contributed by atoms with Gasteiger partial charge in [0.15, 0.2) is 11.5 Å². The fourth-order valence-corrected chi connectivity index (χ4v) is 2.74. The topological polar surface area (TPSA) is 47.6 Å². The van der Waals surface area contributed by atoms with Gasteiger partial charge in [0.2, 0.25) is 6.79 Å². The van der Waals surface area contributed by atoms with Gasteiger partial charge in [-0.1, -0.05) is 39.7 Å². The van der Waals surface area contributed by atoms with Crippen molar-refractivity contribution >= 4 is 33.4 Å². The summed E-state index contributed by atoms with van der Waals surface area (Å²) in [7, 11) is 0. The molecule has 114 valence electrons. The van der Waals surface area contributed by atoms with E-state index >= 15 is 0 Å². The first-order valence-corrected chi connectivity index (χ1v) is 7.87. The lowest BCUT2D eigenvalue weighted by atomic mass is 10.1.